The van der Waals surface area contributed by atoms with Gasteiger partial charge < -0.3 is 10.0 Å². The number of fused-ring (bicyclic) bond motifs is 1. The lowest BCUT2D eigenvalue weighted by Gasteiger charge is -2.16. The number of aliphatic carboxylic acids is 1. The van der Waals surface area contributed by atoms with Gasteiger partial charge in [0.15, 0.2) is 10.8 Å². The second-order valence-corrected chi connectivity index (χ2v) is 5.20. The summed E-state index contributed by atoms with van der Waals surface area (Å²) in [4.78, 5) is 18.2. The van der Waals surface area contributed by atoms with Crippen molar-refractivity contribution in [3.63, 3.8) is 0 Å². The molecule has 5 nitrogen and oxygen atoms in total. The van der Waals surface area contributed by atoms with Crippen LogP contribution in [0.5, 0.6) is 0 Å². The van der Waals surface area contributed by atoms with Crippen LogP contribution in [-0.2, 0) is 4.79 Å². The van der Waals surface area contributed by atoms with Gasteiger partial charge in [0, 0.05) is 31.2 Å². The maximum atomic E-state index is 10.7. The Labute approximate surface area is 115 Å². The van der Waals surface area contributed by atoms with E-state index in [4.69, 9.17) is 5.11 Å². The normalized spacial score (nSPS) is 11.5. The van der Waals surface area contributed by atoms with E-state index in [0.29, 0.717) is 0 Å². The highest BCUT2D eigenvalue weighted by molar-refractivity contribution is 7.15. The third kappa shape index (κ3) is 2.96. The molecule has 1 N–H and O–H groups in total. The van der Waals surface area contributed by atoms with Crippen LogP contribution in [0.15, 0.2) is 17.7 Å². The van der Waals surface area contributed by atoms with E-state index in [9.17, 15) is 4.79 Å². The summed E-state index contributed by atoms with van der Waals surface area (Å²) >= 11 is 1.54. The van der Waals surface area contributed by atoms with E-state index in [1.165, 1.54) is 0 Å². The van der Waals surface area contributed by atoms with Gasteiger partial charge >= 0.3 is 5.97 Å². The molecule has 0 bridgehead atoms. The minimum Gasteiger partial charge on any atom is -0.478 e. The Balaban J connectivity index is 2.38. The van der Waals surface area contributed by atoms with Gasteiger partial charge in [-0.15, -0.1) is 11.3 Å². The maximum Gasteiger partial charge on any atom is 0.328 e. The fourth-order valence-electron chi connectivity index (χ4n) is 1.88. The van der Waals surface area contributed by atoms with Crippen molar-refractivity contribution in [3.8, 4) is 0 Å². The quantitative estimate of drug-likeness (QED) is 0.826. The average Bonchev–Trinajstić information content (AvgIpc) is 2.93. The summed E-state index contributed by atoms with van der Waals surface area (Å²) in [6, 6.07) is 0. The number of carboxylic acid groups (broad SMARTS) is 1. The topological polar surface area (TPSA) is 57.8 Å². The fourth-order valence-corrected chi connectivity index (χ4v) is 2.60. The zero-order chi connectivity index (χ0) is 13.8. The molecule has 2 aromatic rings. The number of aromatic nitrogens is 2. The van der Waals surface area contributed by atoms with Crippen LogP contribution in [0.25, 0.3) is 11.0 Å². The van der Waals surface area contributed by atoms with Gasteiger partial charge in [0.25, 0.3) is 0 Å². The molecule has 0 aromatic carbocycles. The average molecular weight is 279 g/mol. The van der Waals surface area contributed by atoms with E-state index in [1.807, 2.05) is 23.0 Å². The number of rotatable bonds is 6. The number of imidazole rings is 1. The van der Waals surface area contributed by atoms with Gasteiger partial charge in [-0.05, 0) is 12.5 Å². The van der Waals surface area contributed by atoms with E-state index >= 15 is 0 Å². The predicted octanol–water partition coefficient (Wildman–Crippen LogP) is 2.73. The first-order valence-electron chi connectivity index (χ1n) is 6.21. The largest absolute Gasteiger partial charge is 0.478 e. The molecule has 0 amide bonds. The molecule has 2 rings (SSSR count). The third-order valence-electron chi connectivity index (χ3n) is 2.87. The molecule has 0 saturated carbocycles. The van der Waals surface area contributed by atoms with Crippen LogP contribution in [0, 0.1) is 0 Å². The van der Waals surface area contributed by atoms with E-state index < -0.39 is 5.97 Å². The Bertz CT molecular complexity index is 600. The van der Waals surface area contributed by atoms with Crippen molar-refractivity contribution in [3.05, 3.63) is 23.3 Å². The van der Waals surface area contributed by atoms with E-state index in [-0.39, 0.29) is 0 Å². The van der Waals surface area contributed by atoms with E-state index in [2.05, 4.69) is 16.8 Å². The number of hydrogen-bond donors (Lipinski definition) is 1. The van der Waals surface area contributed by atoms with Gasteiger partial charge in [0.05, 0.1) is 5.69 Å². The van der Waals surface area contributed by atoms with Crippen LogP contribution in [0.4, 0.5) is 5.82 Å². The highest BCUT2D eigenvalue weighted by atomic mass is 32.1. The van der Waals surface area contributed by atoms with Crippen LogP contribution in [0.3, 0.4) is 0 Å². The molecule has 2 aromatic heterocycles. The number of carbonyl (C=O) groups is 1. The van der Waals surface area contributed by atoms with E-state index in [1.54, 1.807) is 17.4 Å². The number of hydrogen-bond acceptors (Lipinski definition) is 4. The molecule has 0 atom stereocenters. The Morgan fingerprint density at radius 2 is 2.42 bits per heavy atom. The number of unbranched alkanes of at least 4 members (excludes halogenated alkanes) is 1. The lowest BCUT2D eigenvalue weighted by molar-refractivity contribution is -0.131. The highest BCUT2D eigenvalue weighted by Gasteiger charge is 2.14. The number of anilines is 1. The maximum absolute atomic E-state index is 10.7. The molecule has 19 heavy (non-hydrogen) atoms. The van der Waals surface area contributed by atoms with Crippen LogP contribution >= 0.6 is 11.3 Å². The summed E-state index contributed by atoms with van der Waals surface area (Å²) in [7, 11) is 1.99. The lowest BCUT2D eigenvalue weighted by atomic mass is 10.3. The Morgan fingerprint density at radius 1 is 1.63 bits per heavy atom. The summed E-state index contributed by atoms with van der Waals surface area (Å²) in [6.45, 7) is 3.06. The molecular formula is C13H17N3O2S. The first kappa shape index (κ1) is 13.6. The van der Waals surface area contributed by atoms with Gasteiger partial charge in [-0.25, -0.2) is 9.78 Å². The zero-order valence-corrected chi connectivity index (χ0v) is 11.9. The van der Waals surface area contributed by atoms with Gasteiger partial charge in [0.1, 0.15) is 0 Å². The number of carboxylic acids is 1. The molecule has 0 unspecified atom stereocenters. The third-order valence-corrected chi connectivity index (χ3v) is 3.63. The fraction of sp³-hybridized carbons (Fsp3) is 0.385. The SMILES string of the molecule is CCCCN(C)c1nc2sccn2c1C=CC(=O)O. The predicted molar refractivity (Wildman–Crippen MR) is 77.9 cm³/mol. The number of thiazole rings is 1. The van der Waals surface area contributed by atoms with Gasteiger partial charge in [-0.2, -0.15) is 0 Å². The molecule has 0 saturated heterocycles. The molecule has 0 fully saturated rings. The van der Waals surface area contributed by atoms with Crippen molar-refractivity contribution in [2.75, 3.05) is 18.5 Å². The molecule has 0 aliphatic carbocycles. The summed E-state index contributed by atoms with van der Waals surface area (Å²) in [5, 5.41) is 10.7. The van der Waals surface area contributed by atoms with Crippen LogP contribution in [0.2, 0.25) is 0 Å². The van der Waals surface area contributed by atoms with Crippen molar-refractivity contribution in [1.82, 2.24) is 9.38 Å². The summed E-state index contributed by atoms with van der Waals surface area (Å²) < 4.78 is 1.92. The minimum absolute atomic E-state index is 0.817. The number of nitrogens with zero attached hydrogens (tertiary/aromatic N) is 3. The van der Waals surface area contributed by atoms with Crippen molar-refractivity contribution < 1.29 is 9.90 Å². The molecule has 6 heteroatoms. The Kier molecular flexibility index (Phi) is 4.21. The van der Waals surface area contributed by atoms with Crippen molar-refractivity contribution in [2.45, 2.75) is 19.8 Å². The summed E-state index contributed by atoms with van der Waals surface area (Å²) in [5.41, 5.74) is 0.817. The molecule has 0 spiro atoms. The molecule has 0 aliphatic rings. The van der Waals surface area contributed by atoms with Crippen LogP contribution in [0.1, 0.15) is 25.5 Å². The van der Waals surface area contributed by atoms with Gasteiger partial charge in [-0.3, -0.25) is 4.40 Å². The van der Waals surface area contributed by atoms with Crippen LogP contribution in [-0.4, -0.2) is 34.1 Å². The first-order chi connectivity index (χ1) is 9.13. The van der Waals surface area contributed by atoms with Gasteiger partial charge in [-0.1, -0.05) is 13.3 Å². The van der Waals surface area contributed by atoms with E-state index in [0.717, 1.165) is 41.9 Å². The molecule has 102 valence electrons. The Hall–Kier alpha value is -1.82. The second-order valence-electron chi connectivity index (χ2n) is 4.32. The summed E-state index contributed by atoms with van der Waals surface area (Å²) in [6.07, 6.45) is 6.87. The standard InChI is InChI=1S/C13H17N3O2S/c1-3-4-7-15(2)12-10(5-6-11(17)18)16-8-9-19-13(16)14-12/h5-6,8-9H,3-4,7H2,1-2H3,(H,17,18). The molecule has 2 heterocycles. The molecular weight excluding hydrogens is 262 g/mol. The molecule has 0 aliphatic heterocycles. The minimum atomic E-state index is -0.952. The smallest absolute Gasteiger partial charge is 0.328 e. The highest BCUT2D eigenvalue weighted by Crippen LogP contribution is 2.25. The van der Waals surface area contributed by atoms with Crippen molar-refractivity contribution >= 4 is 34.2 Å². The molecule has 0 radical (unpaired) electrons. The van der Waals surface area contributed by atoms with Crippen molar-refractivity contribution in [1.29, 1.82) is 0 Å². The monoisotopic (exact) mass is 279 g/mol. The zero-order valence-electron chi connectivity index (χ0n) is 11.0. The van der Waals surface area contributed by atoms with Crippen LogP contribution < -0.4 is 4.90 Å². The second kappa shape index (κ2) is 5.88. The first-order valence-corrected chi connectivity index (χ1v) is 7.09. The van der Waals surface area contributed by atoms with Crippen molar-refractivity contribution in [2.24, 2.45) is 0 Å². The summed E-state index contributed by atoms with van der Waals surface area (Å²) in [5.74, 6) is -0.120. The lowest BCUT2D eigenvalue weighted by Crippen LogP contribution is -2.19. The van der Waals surface area contributed by atoms with Gasteiger partial charge in [0.2, 0.25) is 0 Å². The Morgan fingerprint density at radius 3 is 3.11 bits per heavy atom.